The summed E-state index contributed by atoms with van der Waals surface area (Å²) in [5.41, 5.74) is 0. The van der Waals surface area contributed by atoms with E-state index in [1.54, 1.807) is 0 Å². The number of carbonyl (C=O) groups is 2. The van der Waals surface area contributed by atoms with Crippen molar-refractivity contribution in [3.05, 3.63) is 24.3 Å². The largest absolute Gasteiger partial charge is 0.354 e. The maximum absolute atomic E-state index is 12.9. The van der Waals surface area contributed by atoms with Crippen LogP contribution >= 0.6 is 0 Å². The second-order valence-electron chi connectivity index (χ2n) is 13.8. The van der Waals surface area contributed by atoms with E-state index < -0.39 is 0 Å². The summed E-state index contributed by atoms with van der Waals surface area (Å²) >= 11 is 0. The van der Waals surface area contributed by atoms with Crippen molar-refractivity contribution in [2.45, 2.75) is 213 Å². The molecule has 0 bridgehead atoms. The van der Waals surface area contributed by atoms with E-state index in [9.17, 15) is 9.59 Å². The molecule has 262 valence electrons. The molecular formula is C41H76N2O2. The summed E-state index contributed by atoms with van der Waals surface area (Å²) in [4.78, 5) is 27.5. The van der Waals surface area contributed by atoms with E-state index >= 15 is 0 Å². The number of nitrogens with one attached hydrogen (secondary N) is 1. The smallest absolute Gasteiger partial charge is 0.242 e. The highest BCUT2D eigenvalue weighted by molar-refractivity contribution is 5.88. The lowest BCUT2D eigenvalue weighted by Crippen LogP contribution is -2.46. The zero-order valence-corrected chi connectivity index (χ0v) is 30.3. The lowest BCUT2D eigenvalue weighted by Gasteiger charge is -2.24. The van der Waals surface area contributed by atoms with Crippen molar-refractivity contribution >= 4 is 11.8 Å². The van der Waals surface area contributed by atoms with Gasteiger partial charge in [0.2, 0.25) is 11.8 Å². The Kier molecular flexibility index (Phi) is 29.8. The van der Waals surface area contributed by atoms with E-state index in [0.29, 0.717) is 6.42 Å². The van der Waals surface area contributed by atoms with Gasteiger partial charge in [-0.05, 0) is 77.0 Å². The molecule has 0 aromatic heterocycles. The van der Waals surface area contributed by atoms with Crippen LogP contribution in [0.5, 0.6) is 0 Å². The Bertz CT molecular complexity index is 731. The molecule has 4 nitrogen and oxygen atoms in total. The predicted octanol–water partition coefficient (Wildman–Crippen LogP) is 12.2. The molecule has 1 fully saturated rings. The number of hydrogen-bond acceptors (Lipinski definition) is 2. The second kappa shape index (κ2) is 32.4. The summed E-state index contributed by atoms with van der Waals surface area (Å²) in [5.74, 6) is 0.247. The molecule has 0 aromatic rings. The third-order valence-corrected chi connectivity index (χ3v) is 9.52. The Labute approximate surface area is 281 Å². The van der Waals surface area contributed by atoms with Crippen molar-refractivity contribution in [3.8, 4) is 0 Å². The number of likely N-dealkylation sites (tertiary alicyclic amines) is 1. The van der Waals surface area contributed by atoms with Crippen LogP contribution in [0.4, 0.5) is 0 Å². The van der Waals surface area contributed by atoms with Crippen LogP contribution in [0.2, 0.25) is 0 Å². The van der Waals surface area contributed by atoms with Crippen LogP contribution in [0.1, 0.15) is 206 Å². The first-order valence-corrected chi connectivity index (χ1v) is 20.1. The molecular weight excluding hydrogens is 552 g/mol. The number of amides is 2. The molecule has 0 aromatic carbocycles. The molecule has 0 aliphatic carbocycles. The van der Waals surface area contributed by atoms with E-state index in [1.807, 2.05) is 4.90 Å². The van der Waals surface area contributed by atoms with Crippen LogP contribution < -0.4 is 5.32 Å². The number of rotatable bonds is 32. The first-order chi connectivity index (χ1) is 22.2. The molecule has 4 heteroatoms. The molecule has 1 aliphatic heterocycles. The van der Waals surface area contributed by atoms with E-state index in [0.717, 1.165) is 58.0 Å². The van der Waals surface area contributed by atoms with Crippen LogP contribution in [-0.4, -0.2) is 35.8 Å². The van der Waals surface area contributed by atoms with Gasteiger partial charge in [-0.2, -0.15) is 0 Å². The molecule has 0 radical (unpaired) electrons. The van der Waals surface area contributed by atoms with Crippen molar-refractivity contribution < 1.29 is 9.59 Å². The maximum Gasteiger partial charge on any atom is 0.242 e. The first-order valence-electron chi connectivity index (χ1n) is 20.1. The molecule has 1 heterocycles. The molecule has 1 saturated heterocycles. The Morgan fingerprint density at radius 2 is 0.956 bits per heavy atom. The molecule has 0 saturated carbocycles. The van der Waals surface area contributed by atoms with Gasteiger partial charge in [0, 0.05) is 19.5 Å². The fourth-order valence-corrected chi connectivity index (χ4v) is 6.53. The summed E-state index contributed by atoms with van der Waals surface area (Å²) in [6.45, 7) is 6.02. The average Bonchev–Trinajstić information content (AvgIpc) is 3.55. The molecule has 1 aliphatic rings. The number of carbonyl (C=O) groups excluding carboxylic acids is 2. The van der Waals surface area contributed by atoms with E-state index in [4.69, 9.17) is 0 Å². The van der Waals surface area contributed by atoms with Gasteiger partial charge in [0.25, 0.3) is 0 Å². The van der Waals surface area contributed by atoms with Crippen molar-refractivity contribution in [1.29, 1.82) is 0 Å². The molecule has 1 atom stereocenters. The summed E-state index contributed by atoms with van der Waals surface area (Å²) in [7, 11) is 0. The number of nitrogens with zero attached hydrogens (tertiary/aromatic N) is 1. The molecule has 0 unspecified atom stereocenters. The molecule has 45 heavy (non-hydrogen) atoms. The fraction of sp³-hybridized carbons (Fsp3) is 0.854. The third kappa shape index (κ3) is 25.2. The molecule has 1 N–H and O–H groups in total. The summed E-state index contributed by atoms with van der Waals surface area (Å²) in [6.07, 6.45) is 46.5. The Morgan fingerprint density at radius 3 is 1.44 bits per heavy atom. The lowest BCUT2D eigenvalue weighted by molar-refractivity contribution is -0.138. The molecule has 1 rings (SSSR count). The first kappa shape index (κ1) is 41.4. The average molecular weight is 629 g/mol. The highest BCUT2D eigenvalue weighted by Crippen LogP contribution is 2.20. The standard InChI is InChI=1S/C41H76N2O2/c1-3-5-7-9-11-13-15-17-19-21-23-25-27-29-31-33-37-42-41(45)39-35-34-38-43(39)40(44)36-32-30-28-26-24-22-20-18-16-14-12-10-8-6-4-2/h14,16,23,25,39H,3-13,15,17-22,24,26-38H2,1-2H3,(H,42,45)/b16-14+,25-23+/t39-/m0/s1. The minimum atomic E-state index is -0.244. The highest BCUT2D eigenvalue weighted by Gasteiger charge is 2.33. The molecule has 0 spiro atoms. The normalized spacial score (nSPS) is 15.2. The van der Waals surface area contributed by atoms with Gasteiger partial charge in [-0.1, -0.05) is 147 Å². The minimum Gasteiger partial charge on any atom is -0.354 e. The van der Waals surface area contributed by atoms with Crippen molar-refractivity contribution in [2.24, 2.45) is 0 Å². The number of allylic oxidation sites excluding steroid dienone is 4. The summed E-state index contributed by atoms with van der Waals surface area (Å²) in [6, 6.07) is -0.244. The van der Waals surface area contributed by atoms with E-state index in [1.165, 1.54) is 141 Å². The zero-order valence-electron chi connectivity index (χ0n) is 30.3. The Balaban J connectivity index is 1.95. The van der Waals surface area contributed by atoms with Crippen molar-refractivity contribution in [3.63, 3.8) is 0 Å². The zero-order chi connectivity index (χ0) is 32.5. The van der Waals surface area contributed by atoms with Gasteiger partial charge in [-0.25, -0.2) is 0 Å². The quantitative estimate of drug-likeness (QED) is 0.0595. The maximum atomic E-state index is 12.9. The van der Waals surface area contributed by atoms with Crippen LogP contribution in [0.15, 0.2) is 24.3 Å². The molecule has 2 amide bonds. The van der Waals surface area contributed by atoms with Gasteiger partial charge in [0.15, 0.2) is 0 Å². The van der Waals surface area contributed by atoms with E-state index in [-0.39, 0.29) is 17.9 Å². The van der Waals surface area contributed by atoms with Gasteiger partial charge in [-0.3, -0.25) is 9.59 Å². The van der Waals surface area contributed by atoms with Crippen molar-refractivity contribution in [1.82, 2.24) is 10.2 Å². The van der Waals surface area contributed by atoms with Gasteiger partial charge in [-0.15, -0.1) is 0 Å². The minimum absolute atomic E-state index is 0.0630. The van der Waals surface area contributed by atoms with Crippen LogP contribution in [0, 0.1) is 0 Å². The fourth-order valence-electron chi connectivity index (χ4n) is 6.53. The highest BCUT2D eigenvalue weighted by atomic mass is 16.2. The van der Waals surface area contributed by atoms with Gasteiger partial charge < -0.3 is 10.2 Å². The van der Waals surface area contributed by atoms with Crippen LogP contribution in [-0.2, 0) is 9.59 Å². The third-order valence-electron chi connectivity index (χ3n) is 9.52. The number of unbranched alkanes of at least 4 members (excludes halogenated alkanes) is 23. The van der Waals surface area contributed by atoms with Crippen LogP contribution in [0.3, 0.4) is 0 Å². The predicted molar refractivity (Wildman–Crippen MR) is 197 cm³/mol. The van der Waals surface area contributed by atoms with Gasteiger partial charge in [0.1, 0.15) is 6.04 Å². The topological polar surface area (TPSA) is 49.4 Å². The summed E-state index contributed by atoms with van der Waals surface area (Å²) < 4.78 is 0. The van der Waals surface area contributed by atoms with Crippen molar-refractivity contribution in [2.75, 3.05) is 13.1 Å². The SMILES string of the molecule is CCCCCC/C=C/CCCCCCCCCC(=O)N1CCC[C@H]1C(=O)NCCCCC/C=C/CCCCCCCCCCC. The number of hydrogen-bond donors (Lipinski definition) is 1. The van der Waals surface area contributed by atoms with Gasteiger partial charge in [0.05, 0.1) is 0 Å². The van der Waals surface area contributed by atoms with Crippen LogP contribution in [0.25, 0.3) is 0 Å². The monoisotopic (exact) mass is 629 g/mol. The summed E-state index contributed by atoms with van der Waals surface area (Å²) in [5, 5.41) is 3.13. The Morgan fingerprint density at radius 1 is 0.556 bits per heavy atom. The van der Waals surface area contributed by atoms with E-state index in [2.05, 4.69) is 43.5 Å². The lowest BCUT2D eigenvalue weighted by atomic mass is 10.1. The van der Waals surface area contributed by atoms with Gasteiger partial charge >= 0.3 is 0 Å². The second-order valence-corrected chi connectivity index (χ2v) is 13.8. The Hall–Kier alpha value is -1.58.